The lowest BCUT2D eigenvalue weighted by molar-refractivity contribution is -0.139. The Kier molecular flexibility index (Phi) is 6.32. The summed E-state index contributed by atoms with van der Waals surface area (Å²) in [5.74, 6) is -1.57. The fourth-order valence-corrected chi connectivity index (χ4v) is 3.62. The number of aliphatic carboxylic acids is 1. The highest BCUT2D eigenvalue weighted by atomic mass is 79.9. The Hall–Kier alpha value is -1.25. The van der Waals surface area contributed by atoms with Gasteiger partial charge in [-0.1, -0.05) is 37.9 Å². The second kappa shape index (κ2) is 8.03. The fourth-order valence-electron chi connectivity index (χ4n) is 1.92. The molecule has 1 atom stereocenters. The lowest BCUT2D eigenvalue weighted by atomic mass is 10.1. The van der Waals surface area contributed by atoms with Crippen LogP contribution < -0.4 is 5.32 Å². The lowest BCUT2D eigenvalue weighted by Crippen LogP contribution is -2.42. The maximum absolute atomic E-state index is 12.3. The molecule has 0 unspecified atom stereocenters. The van der Waals surface area contributed by atoms with E-state index in [-0.39, 0.29) is 6.42 Å². The molecule has 0 radical (unpaired) electrons. The summed E-state index contributed by atoms with van der Waals surface area (Å²) < 4.78 is 2.00. The van der Waals surface area contributed by atoms with Gasteiger partial charge in [0.2, 0.25) is 0 Å². The molecule has 5 nitrogen and oxygen atoms in total. The van der Waals surface area contributed by atoms with Crippen molar-refractivity contribution in [1.29, 1.82) is 0 Å². The maximum Gasteiger partial charge on any atom is 0.326 e. The third-order valence-corrected chi connectivity index (χ3v) is 4.62. The molecule has 2 N–H and O–H groups in total. The Morgan fingerprint density at radius 3 is 2.39 bits per heavy atom. The molecule has 0 aliphatic carbocycles. The quantitative estimate of drug-likeness (QED) is 0.605. The second-order valence-corrected chi connectivity index (χ2v) is 7.26. The maximum atomic E-state index is 12.3. The van der Waals surface area contributed by atoms with Crippen molar-refractivity contribution in [2.45, 2.75) is 12.5 Å². The molecule has 1 heterocycles. The summed E-state index contributed by atoms with van der Waals surface area (Å²) in [5, 5.41) is 11.9. The molecule has 0 aliphatic rings. The van der Waals surface area contributed by atoms with Crippen LogP contribution in [0.15, 0.2) is 50.1 Å². The Morgan fingerprint density at radius 1 is 1.17 bits per heavy atom. The van der Waals surface area contributed by atoms with Crippen LogP contribution in [0.4, 0.5) is 0 Å². The molecule has 0 fully saturated rings. The highest BCUT2D eigenvalue weighted by molar-refractivity contribution is 9.11. The number of amides is 1. The molecule has 0 saturated heterocycles. The molecule has 1 aromatic heterocycles. The van der Waals surface area contributed by atoms with E-state index >= 15 is 0 Å². The number of benzene rings is 1. The minimum Gasteiger partial charge on any atom is -0.480 e. The summed E-state index contributed by atoms with van der Waals surface area (Å²) in [4.78, 5) is 27.8. The van der Waals surface area contributed by atoms with E-state index in [9.17, 15) is 14.7 Å². The first-order valence-corrected chi connectivity index (χ1v) is 8.84. The molecule has 2 aromatic rings. The van der Waals surface area contributed by atoms with E-state index in [0.717, 1.165) is 8.95 Å². The molecule has 8 heteroatoms. The molecular formula is C15H11Br3N2O3. The molecule has 120 valence electrons. The van der Waals surface area contributed by atoms with E-state index in [0.29, 0.717) is 15.7 Å². The molecule has 1 amide bonds. The average Bonchev–Trinajstić information content (AvgIpc) is 2.47. The van der Waals surface area contributed by atoms with Gasteiger partial charge in [0.1, 0.15) is 10.6 Å². The van der Waals surface area contributed by atoms with Crippen LogP contribution in [0.2, 0.25) is 0 Å². The van der Waals surface area contributed by atoms with Crippen molar-refractivity contribution in [3.8, 4) is 0 Å². The number of rotatable bonds is 5. The van der Waals surface area contributed by atoms with Gasteiger partial charge in [-0.3, -0.25) is 4.79 Å². The topological polar surface area (TPSA) is 79.3 Å². The van der Waals surface area contributed by atoms with Crippen LogP contribution in [0.5, 0.6) is 0 Å². The summed E-state index contributed by atoms with van der Waals surface area (Å²) in [5.41, 5.74) is 1.07. The zero-order valence-corrected chi connectivity index (χ0v) is 16.4. The molecule has 1 aromatic carbocycles. The van der Waals surface area contributed by atoms with E-state index in [2.05, 4.69) is 58.1 Å². The molecule has 0 saturated carbocycles. The minimum absolute atomic E-state index is 0.130. The van der Waals surface area contributed by atoms with Crippen molar-refractivity contribution in [3.05, 3.63) is 61.2 Å². The van der Waals surface area contributed by atoms with Crippen LogP contribution in [-0.2, 0) is 11.2 Å². The van der Waals surface area contributed by atoms with Gasteiger partial charge in [-0.25, -0.2) is 9.78 Å². The number of carboxylic acid groups (broad SMARTS) is 1. The number of hydrogen-bond donors (Lipinski definition) is 2. The number of carbonyl (C=O) groups is 2. The summed E-state index contributed by atoms with van der Waals surface area (Å²) >= 11 is 9.87. The Labute approximate surface area is 157 Å². The van der Waals surface area contributed by atoms with Crippen LogP contribution in [0.25, 0.3) is 0 Å². The third-order valence-electron chi connectivity index (χ3n) is 2.99. The smallest absolute Gasteiger partial charge is 0.326 e. The van der Waals surface area contributed by atoms with Gasteiger partial charge >= 0.3 is 5.97 Å². The van der Waals surface area contributed by atoms with Crippen LogP contribution in [0.1, 0.15) is 15.9 Å². The number of carboxylic acids is 1. The van der Waals surface area contributed by atoms with Gasteiger partial charge in [0.05, 0.1) is 0 Å². The average molecular weight is 507 g/mol. The van der Waals surface area contributed by atoms with Crippen molar-refractivity contribution in [2.24, 2.45) is 0 Å². The number of carbonyl (C=O) groups excluding carboxylic acids is 1. The van der Waals surface area contributed by atoms with E-state index in [1.54, 1.807) is 36.5 Å². The van der Waals surface area contributed by atoms with Gasteiger partial charge < -0.3 is 10.4 Å². The van der Waals surface area contributed by atoms with E-state index in [1.165, 1.54) is 0 Å². The van der Waals surface area contributed by atoms with Gasteiger partial charge in [0.15, 0.2) is 0 Å². The monoisotopic (exact) mass is 504 g/mol. The number of nitrogens with zero attached hydrogens (tertiary/aromatic N) is 1. The number of hydrogen-bond acceptors (Lipinski definition) is 3. The number of pyridine rings is 1. The van der Waals surface area contributed by atoms with Crippen molar-refractivity contribution in [1.82, 2.24) is 10.3 Å². The summed E-state index contributed by atoms with van der Waals surface area (Å²) in [6.45, 7) is 0. The molecule has 2 rings (SSSR count). The largest absolute Gasteiger partial charge is 0.480 e. The van der Waals surface area contributed by atoms with Gasteiger partial charge in [0.25, 0.3) is 5.91 Å². The van der Waals surface area contributed by atoms with Gasteiger partial charge in [-0.05, 0) is 45.8 Å². The van der Waals surface area contributed by atoms with Gasteiger partial charge in [-0.15, -0.1) is 0 Å². The summed E-state index contributed by atoms with van der Waals surface area (Å²) in [6, 6.07) is 7.46. The van der Waals surface area contributed by atoms with E-state index in [4.69, 9.17) is 0 Å². The third kappa shape index (κ3) is 5.12. The number of nitrogens with one attached hydrogen (secondary N) is 1. The van der Waals surface area contributed by atoms with E-state index in [1.807, 2.05) is 0 Å². The SMILES string of the molecule is O=C(N[C@@H](Cc1cccnc1Br)C(=O)O)c1cc(Br)cc(Br)c1. The zero-order valence-electron chi connectivity index (χ0n) is 11.6. The van der Waals surface area contributed by atoms with Crippen molar-refractivity contribution < 1.29 is 14.7 Å². The van der Waals surface area contributed by atoms with Crippen molar-refractivity contribution in [2.75, 3.05) is 0 Å². The van der Waals surface area contributed by atoms with Crippen molar-refractivity contribution in [3.63, 3.8) is 0 Å². The Morgan fingerprint density at radius 2 is 1.83 bits per heavy atom. The molecule has 0 aliphatic heterocycles. The summed E-state index contributed by atoms with van der Waals surface area (Å²) in [7, 11) is 0. The lowest BCUT2D eigenvalue weighted by Gasteiger charge is -2.15. The number of halogens is 3. The highest BCUT2D eigenvalue weighted by Crippen LogP contribution is 2.20. The van der Waals surface area contributed by atoms with Gasteiger partial charge in [-0.2, -0.15) is 0 Å². The first-order valence-electron chi connectivity index (χ1n) is 6.46. The van der Waals surface area contributed by atoms with Crippen LogP contribution in [0.3, 0.4) is 0 Å². The standard InChI is InChI=1S/C15H11Br3N2O3/c16-10-4-9(5-11(17)7-10)14(21)20-12(15(22)23)6-8-2-1-3-19-13(8)18/h1-5,7,12H,6H2,(H,20,21)(H,22,23)/t12-/m0/s1. The Balaban J connectivity index is 2.18. The normalized spacial score (nSPS) is 11.8. The predicted molar refractivity (Wildman–Crippen MR) is 96.4 cm³/mol. The Bertz CT molecular complexity index is 732. The van der Waals surface area contributed by atoms with Crippen LogP contribution in [0, 0.1) is 0 Å². The number of aromatic nitrogens is 1. The van der Waals surface area contributed by atoms with Gasteiger partial charge in [0, 0.05) is 27.1 Å². The first-order chi connectivity index (χ1) is 10.9. The summed E-state index contributed by atoms with van der Waals surface area (Å²) in [6.07, 6.45) is 1.73. The molecule has 0 spiro atoms. The highest BCUT2D eigenvalue weighted by Gasteiger charge is 2.22. The predicted octanol–water partition coefficient (Wildman–Crippen LogP) is 3.79. The molecule has 23 heavy (non-hydrogen) atoms. The first kappa shape index (κ1) is 18.1. The van der Waals surface area contributed by atoms with Crippen molar-refractivity contribution >= 4 is 59.7 Å². The fraction of sp³-hybridized carbons (Fsp3) is 0.133. The minimum atomic E-state index is -1.11. The zero-order chi connectivity index (χ0) is 17.0. The van der Waals surface area contributed by atoms with Crippen LogP contribution in [-0.4, -0.2) is 28.0 Å². The molecular weight excluding hydrogens is 496 g/mol. The van der Waals surface area contributed by atoms with E-state index < -0.39 is 17.9 Å². The van der Waals surface area contributed by atoms with Crippen LogP contribution >= 0.6 is 47.8 Å². The second-order valence-electron chi connectivity index (χ2n) is 4.68. The molecule has 0 bridgehead atoms.